The van der Waals surface area contributed by atoms with Gasteiger partial charge in [0.15, 0.2) is 0 Å². The topological polar surface area (TPSA) is 36.3 Å². The van der Waals surface area contributed by atoms with Crippen molar-refractivity contribution < 1.29 is 9.13 Å². The second-order valence-electron chi connectivity index (χ2n) is 5.03. The molecule has 0 aliphatic carbocycles. The summed E-state index contributed by atoms with van der Waals surface area (Å²) in [5.41, 5.74) is 0.237. The van der Waals surface area contributed by atoms with Crippen LogP contribution in [-0.4, -0.2) is 30.1 Å². The van der Waals surface area contributed by atoms with Crippen LogP contribution in [0, 0.1) is 17.1 Å². The van der Waals surface area contributed by atoms with E-state index in [-0.39, 0.29) is 5.56 Å². The number of benzene rings is 1. The van der Waals surface area contributed by atoms with E-state index in [0.29, 0.717) is 24.4 Å². The highest BCUT2D eigenvalue weighted by Gasteiger charge is 2.13. The molecule has 0 aliphatic rings. The van der Waals surface area contributed by atoms with Gasteiger partial charge in [0.1, 0.15) is 24.2 Å². The van der Waals surface area contributed by atoms with E-state index in [1.807, 2.05) is 6.07 Å². The molecule has 0 spiro atoms. The first-order valence-electron chi connectivity index (χ1n) is 6.54. The van der Waals surface area contributed by atoms with Crippen LogP contribution in [0.2, 0.25) is 0 Å². The van der Waals surface area contributed by atoms with E-state index in [9.17, 15) is 4.39 Å². The Bertz CT molecular complexity index is 444. The van der Waals surface area contributed by atoms with Crippen molar-refractivity contribution in [2.45, 2.75) is 39.8 Å². The predicted octanol–water partition coefficient (Wildman–Crippen LogP) is 3.19. The number of hydrogen-bond donors (Lipinski definition) is 0. The fraction of sp³-hybridized carbons (Fsp3) is 0.533. The highest BCUT2D eigenvalue weighted by molar-refractivity contribution is 5.42. The Morgan fingerprint density at radius 1 is 1.26 bits per heavy atom. The Kier molecular flexibility index (Phi) is 5.78. The summed E-state index contributed by atoms with van der Waals surface area (Å²) in [5, 5.41) is 8.92. The Hall–Kier alpha value is -1.60. The van der Waals surface area contributed by atoms with Crippen LogP contribution in [-0.2, 0) is 0 Å². The van der Waals surface area contributed by atoms with E-state index in [4.69, 9.17) is 10.00 Å². The van der Waals surface area contributed by atoms with Crippen LogP contribution in [0.1, 0.15) is 33.3 Å². The minimum absolute atomic E-state index is 0.237. The lowest BCUT2D eigenvalue weighted by molar-refractivity contribution is 0.142. The van der Waals surface area contributed by atoms with Gasteiger partial charge in [0.25, 0.3) is 0 Å². The molecule has 0 aliphatic heterocycles. The quantitative estimate of drug-likeness (QED) is 0.791. The highest BCUT2D eigenvalue weighted by atomic mass is 19.1. The molecule has 0 aromatic heterocycles. The van der Waals surface area contributed by atoms with Gasteiger partial charge in [0, 0.05) is 18.6 Å². The Balaban J connectivity index is 2.60. The van der Waals surface area contributed by atoms with E-state index in [0.717, 1.165) is 6.54 Å². The summed E-state index contributed by atoms with van der Waals surface area (Å²) in [5.74, 6) is 0.0197. The molecule has 1 aromatic rings. The van der Waals surface area contributed by atoms with Crippen LogP contribution in [0.25, 0.3) is 0 Å². The monoisotopic (exact) mass is 264 g/mol. The smallest absolute Gasteiger partial charge is 0.137 e. The summed E-state index contributed by atoms with van der Waals surface area (Å²) in [4.78, 5) is 2.30. The molecule has 0 saturated carbocycles. The Labute approximate surface area is 114 Å². The van der Waals surface area contributed by atoms with Crippen molar-refractivity contribution in [1.82, 2.24) is 4.90 Å². The van der Waals surface area contributed by atoms with Crippen LogP contribution in [0.4, 0.5) is 4.39 Å². The Morgan fingerprint density at radius 3 is 2.42 bits per heavy atom. The van der Waals surface area contributed by atoms with Crippen molar-refractivity contribution in [1.29, 1.82) is 5.26 Å². The molecule has 19 heavy (non-hydrogen) atoms. The molecule has 1 rings (SSSR count). The molecule has 0 bridgehead atoms. The van der Waals surface area contributed by atoms with Crippen LogP contribution >= 0.6 is 0 Å². The van der Waals surface area contributed by atoms with Gasteiger partial charge in [0.2, 0.25) is 0 Å². The molecule has 3 nitrogen and oxygen atoms in total. The highest BCUT2D eigenvalue weighted by Crippen LogP contribution is 2.18. The van der Waals surface area contributed by atoms with Crippen molar-refractivity contribution in [3.63, 3.8) is 0 Å². The Morgan fingerprint density at radius 2 is 1.89 bits per heavy atom. The molecule has 104 valence electrons. The summed E-state index contributed by atoms with van der Waals surface area (Å²) >= 11 is 0. The van der Waals surface area contributed by atoms with Crippen LogP contribution in [0.15, 0.2) is 18.2 Å². The van der Waals surface area contributed by atoms with Gasteiger partial charge < -0.3 is 4.74 Å². The molecule has 0 atom stereocenters. The molecule has 4 heteroatoms. The maximum absolute atomic E-state index is 13.0. The number of nitrogens with zero attached hydrogens (tertiary/aromatic N) is 2. The average Bonchev–Trinajstić information content (AvgIpc) is 2.34. The van der Waals surface area contributed by atoms with Crippen molar-refractivity contribution >= 4 is 0 Å². The molecule has 0 unspecified atom stereocenters. The maximum atomic E-state index is 13.0. The standard InChI is InChI=1S/C15H21FN2O/c1-11(2)18(12(3)4)7-8-19-15-6-5-14(16)9-13(15)10-17/h5-6,9,11-12H,7-8H2,1-4H3. The van der Waals surface area contributed by atoms with Crippen molar-refractivity contribution in [3.8, 4) is 11.8 Å². The SMILES string of the molecule is CC(C)N(CCOc1ccc(F)cc1C#N)C(C)C. The van der Waals surface area contributed by atoms with Crippen molar-refractivity contribution in [2.24, 2.45) is 0 Å². The number of halogens is 1. The number of hydrogen-bond acceptors (Lipinski definition) is 3. The van der Waals surface area contributed by atoms with E-state index in [1.165, 1.54) is 18.2 Å². The third kappa shape index (κ3) is 4.53. The summed E-state index contributed by atoms with van der Waals surface area (Å²) in [6, 6.07) is 6.82. The lowest BCUT2D eigenvalue weighted by Gasteiger charge is -2.30. The van der Waals surface area contributed by atoms with E-state index in [1.54, 1.807) is 0 Å². The van der Waals surface area contributed by atoms with Gasteiger partial charge >= 0.3 is 0 Å². The predicted molar refractivity (Wildman–Crippen MR) is 73.6 cm³/mol. The molecule has 0 radical (unpaired) electrons. The van der Waals surface area contributed by atoms with Crippen LogP contribution in [0.3, 0.4) is 0 Å². The fourth-order valence-electron chi connectivity index (χ4n) is 2.09. The van der Waals surface area contributed by atoms with Gasteiger partial charge in [-0.25, -0.2) is 4.39 Å². The minimum Gasteiger partial charge on any atom is -0.491 e. The van der Waals surface area contributed by atoms with Crippen molar-refractivity contribution in [2.75, 3.05) is 13.2 Å². The van der Waals surface area contributed by atoms with Gasteiger partial charge in [-0.05, 0) is 45.9 Å². The third-order valence-corrected chi connectivity index (χ3v) is 3.00. The zero-order valence-electron chi connectivity index (χ0n) is 12.0. The first-order valence-corrected chi connectivity index (χ1v) is 6.54. The second kappa shape index (κ2) is 7.10. The average molecular weight is 264 g/mol. The number of ether oxygens (including phenoxy) is 1. The molecule has 0 N–H and O–H groups in total. The molecule has 0 fully saturated rings. The minimum atomic E-state index is -0.421. The maximum Gasteiger partial charge on any atom is 0.137 e. The largest absolute Gasteiger partial charge is 0.491 e. The summed E-state index contributed by atoms with van der Waals surface area (Å²) in [6.07, 6.45) is 0. The zero-order chi connectivity index (χ0) is 14.4. The molecule has 1 aromatic carbocycles. The van der Waals surface area contributed by atoms with Gasteiger partial charge in [-0.2, -0.15) is 5.26 Å². The summed E-state index contributed by atoms with van der Waals surface area (Å²) in [7, 11) is 0. The number of nitriles is 1. The molecule has 0 amide bonds. The van der Waals surface area contributed by atoms with E-state index < -0.39 is 5.82 Å². The number of rotatable bonds is 6. The normalized spacial score (nSPS) is 11.1. The third-order valence-electron chi connectivity index (χ3n) is 3.00. The van der Waals surface area contributed by atoms with Gasteiger partial charge in [-0.15, -0.1) is 0 Å². The first kappa shape index (κ1) is 15.5. The van der Waals surface area contributed by atoms with Gasteiger partial charge in [-0.3, -0.25) is 4.90 Å². The summed E-state index contributed by atoms with van der Waals surface area (Å²) in [6.45, 7) is 9.81. The van der Waals surface area contributed by atoms with E-state index >= 15 is 0 Å². The van der Waals surface area contributed by atoms with Crippen LogP contribution < -0.4 is 4.74 Å². The van der Waals surface area contributed by atoms with Gasteiger partial charge in [-0.1, -0.05) is 0 Å². The van der Waals surface area contributed by atoms with Crippen LogP contribution in [0.5, 0.6) is 5.75 Å². The van der Waals surface area contributed by atoms with E-state index in [2.05, 4.69) is 32.6 Å². The fourth-order valence-corrected chi connectivity index (χ4v) is 2.09. The molecular formula is C15H21FN2O. The lowest BCUT2D eigenvalue weighted by atomic mass is 10.2. The van der Waals surface area contributed by atoms with Crippen molar-refractivity contribution in [3.05, 3.63) is 29.6 Å². The zero-order valence-corrected chi connectivity index (χ0v) is 12.0. The first-order chi connectivity index (χ1) is 8.95. The lowest BCUT2D eigenvalue weighted by Crippen LogP contribution is -2.39. The van der Waals surface area contributed by atoms with Gasteiger partial charge in [0.05, 0.1) is 5.56 Å². The second-order valence-corrected chi connectivity index (χ2v) is 5.03. The molecule has 0 saturated heterocycles. The summed E-state index contributed by atoms with van der Waals surface area (Å²) < 4.78 is 18.6. The molecule has 0 heterocycles. The molecular weight excluding hydrogens is 243 g/mol.